The lowest BCUT2D eigenvalue weighted by atomic mass is 9.33. The Balaban J connectivity index is 0.843. The lowest BCUT2D eigenvalue weighted by Gasteiger charge is -2.45. The zero-order valence-corrected chi connectivity index (χ0v) is 50.9. The number of hydrogen-bond acceptors (Lipinski definition) is 7. The lowest BCUT2D eigenvalue weighted by Crippen LogP contribution is -2.61. The zero-order valence-electron chi connectivity index (χ0n) is 50.9. The van der Waals surface area contributed by atoms with E-state index in [1.807, 2.05) is 66.7 Å². The zero-order chi connectivity index (χ0) is 62.1. The van der Waals surface area contributed by atoms with Crippen LogP contribution in [0.4, 0.5) is 34.1 Å². The fourth-order valence-corrected chi connectivity index (χ4v) is 14.2. The van der Waals surface area contributed by atoms with Gasteiger partial charge in [0.15, 0.2) is 23.3 Å². The van der Waals surface area contributed by atoms with Crippen molar-refractivity contribution in [1.29, 1.82) is 0 Å². The molecule has 2 aliphatic heterocycles. The molecular weight excluding hydrogens is 1140 g/mol. The summed E-state index contributed by atoms with van der Waals surface area (Å²) in [6.45, 7) is -0.0243. The molecule has 438 valence electrons. The molecule has 94 heavy (non-hydrogen) atoms. The quantitative estimate of drug-likeness (QED) is 0.119. The van der Waals surface area contributed by atoms with Gasteiger partial charge in [0.1, 0.15) is 0 Å². The van der Waals surface area contributed by atoms with Crippen LogP contribution >= 0.6 is 0 Å². The van der Waals surface area contributed by atoms with Crippen LogP contribution in [0.5, 0.6) is 0 Å². The van der Waals surface area contributed by atoms with Crippen LogP contribution < -0.4 is 26.2 Å². The minimum atomic E-state index is -0.0243. The Hall–Kier alpha value is -12.6. The number of benzene rings is 13. The first kappa shape index (κ1) is 54.4. The van der Waals surface area contributed by atoms with Crippen LogP contribution in [0.1, 0.15) is 0 Å². The third-order valence-electron chi connectivity index (χ3n) is 18.5. The normalized spacial score (nSPS) is 12.2. The molecule has 13 aromatic carbocycles. The number of rotatable bonds is 11. The molecule has 0 spiro atoms. The maximum absolute atomic E-state index is 5.71. The van der Waals surface area contributed by atoms with Gasteiger partial charge in [-0.05, 0) is 118 Å². The molecule has 0 saturated heterocycles. The highest BCUT2D eigenvalue weighted by Crippen LogP contribution is 2.48. The van der Waals surface area contributed by atoms with E-state index in [-0.39, 0.29) is 6.71 Å². The van der Waals surface area contributed by atoms with Crippen molar-refractivity contribution in [2.24, 2.45) is 0 Å². The van der Waals surface area contributed by atoms with Crippen LogP contribution in [0.25, 0.3) is 118 Å². The molecule has 16 aromatic rings. The van der Waals surface area contributed by atoms with Gasteiger partial charge in [0, 0.05) is 78.2 Å². The van der Waals surface area contributed by atoms with E-state index in [9.17, 15) is 0 Å². The summed E-state index contributed by atoms with van der Waals surface area (Å²) in [6.07, 6.45) is 0. The molecule has 0 atom stereocenters. The maximum Gasteiger partial charge on any atom is 0.252 e. The number of anilines is 6. The minimum Gasteiger partial charge on any atom is -0.311 e. The van der Waals surface area contributed by atoms with E-state index in [0.717, 1.165) is 123 Å². The van der Waals surface area contributed by atoms with Crippen LogP contribution in [0.15, 0.2) is 334 Å². The number of aromatic nitrogens is 6. The van der Waals surface area contributed by atoms with E-state index in [2.05, 4.69) is 281 Å². The highest BCUT2D eigenvalue weighted by Gasteiger charge is 2.44. The van der Waals surface area contributed by atoms with Crippen molar-refractivity contribution in [3.8, 4) is 96.0 Å². The molecule has 0 unspecified atom stereocenters. The number of para-hydroxylation sites is 5. The summed E-state index contributed by atoms with van der Waals surface area (Å²) >= 11 is 0. The van der Waals surface area contributed by atoms with E-state index in [1.54, 1.807) is 0 Å². The Morgan fingerprint density at radius 2 is 0.691 bits per heavy atom. The Kier molecular flexibility index (Phi) is 13.1. The first-order valence-corrected chi connectivity index (χ1v) is 31.8. The summed E-state index contributed by atoms with van der Waals surface area (Å²) in [5, 5.41) is 2.30. The van der Waals surface area contributed by atoms with Gasteiger partial charge >= 0.3 is 0 Å². The minimum absolute atomic E-state index is 0.0243. The van der Waals surface area contributed by atoms with E-state index in [1.165, 1.54) is 22.1 Å². The number of fused-ring (bicyclic) bond motifs is 7. The summed E-state index contributed by atoms with van der Waals surface area (Å²) < 4.78 is 2.39. The van der Waals surface area contributed by atoms with Gasteiger partial charge < -0.3 is 14.4 Å². The third-order valence-corrected chi connectivity index (χ3v) is 18.5. The summed E-state index contributed by atoms with van der Waals surface area (Å²) in [5.74, 6) is 2.31. The topological polar surface area (TPSA) is 75.9 Å². The van der Waals surface area contributed by atoms with E-state index >= 15 is 0 Å². The van der Waals surface area contributed by atoms with Crippen molar-refractivity contribution in [3.05, 3.63) is 334 Å². The summed E-state index contributed by atoms with van der Waals surface area (Å²) in [5.41, 5.74) is 25.1. The fraction of sp³-hybridized carbons (Fsp3) is 0. The lowest BCUT2D eigenvalue weighted by molar-refractivity contribution is 1.07. The van der Waals surface area contributed by atoms with Gasteiger partial charge in [-0.15, -0.1) is 0 Å². The van der Waals surface area contributed by atoms with E-state index in [0.29, 0.717) is 23.3 Å². The van der Waals surface area contributed by atoms with Crippen LogP contribution in [0.2, 0.25) is 0 Å². The van der Waals surface area contributed by atoms with Gasteiger partial charge in [-0.1, -0.05) is 249 Å². The van der Waals surface area contributed by atoms with Gasteiger partial charge in [-0.2, -0.15) is 0 Å². The molecule has 18 rings (SSSR count). The van der Waals surface area contributed by atoms with E-state index < -0.39 is 0 Å². The molecular formula is C85H55BN8. The maximum atomic E-state index is 5.71. The first-order valence-electron chi connectivity index (χ1n) is 31.8. The molecule has 0 amide bonds. The van der Waals surface area contributed by atoms with Crippen molar-refractivity contribution in [1.82, 2.24) is 29.5 Å². The Morgan fingerprint density at radius 1 is 0.245 bits per heavy atom. The average Bonchev–Trinajstić information content (AvgIpc) is 0.835. The highest BCUT2D eigenvalue weighted by atomic mass is 15.2. The van der Waals surface area contributed by atoms with Crippen molar-refractivity contribution in [2.45, 2.75) is 0 Å². The van der Waals surface area contributed by atoms with E-state index in [4.69, 9.17) is 24.9 Å². The molecule has 0 N–H and O–H groups in total. The van der Waals surface area contributed by atoms with Crippen molar-refractivity contribution in [2.75, 3.05) is 9.80 Å². The summed E-state index contributed by atoms with van der Waals surface area (Å²) in [7, 11) is 0. The average molecular weight is 1200 g/mol. The predicted molar refractivity (Wildman–Crippen MR) is 387 cm³/mol. The summed E-state index contributed by atoms with van der Waals surface area (Å²) in [6, 6.07) is 119. The largest absolute Gasteiger partial charge is 0.311 e. The second kappa shape index (κ2) is 22.7. The van der Waals surface area contributed by atoms with Gasteiger partial charge in [0.2, 0.25) is 0 Å². The first-order chi connectivity index (χ1) is 46.6. The highest BCUT2D eigenvalue weighted by molar-refractivity contribution is 7.00. The standard InChI is InChI=1S/C85H55BN8/c1-7-25-56(26-8-1)62-47-50-75-68(53-62)67-37-19-22-40-74(67)94(75)76-51-48-63(85-90-83(59-29-11-3-12-30-59)89-84(91-85)60-31-13-4-14-32-60)54-69(76)73-55-72(58-27-9-2-10-28-58)87-82(88-73)61-45-43-57(44-46-61)66-49-52-79-80-81(66)93(65-35-17-6-18-36-65)78-42-24-21-39-71(78)86(80)70-38-20-23-41-77(70)92(79)64-33-15-5-16-34-64/h1-55H. The second-order valence-electron chi connectivity index (χ2n) is 23.9. The molecule has 0 radical (unpaired) electrons. The van der Waals surface area contributed by atoms with Crippen molar-refractivity contribution in [3.63, 3.8) is 0 Å². The molecule has 0 aliphatic carbocycles. The molecule has 0 bridgehead atoms. The molecule has 8 nitrogen and oxygen atoms in total. The van der Waals surface area contributed by atoms with Gasteiger partial charge in [0.25, 0.3) is 6.71 Å². The van der Waals surface area contributed by atoms with Gasteiger partial charge in [0.05, 0.1) is 33.8 Å². The Morgan fingerprint density at radius 3 is 1.33 bits per heavy atom. The van der Waals surface area contributed by atoms with Crippen LogP contribution in [0, 0.1) is 0 Å². The molecule has 2 aliphatic rings. The van der Waals surface area contributed by atoms with Crippen LogP contribution in [-0.2, 0) is 0 Å². The van der Waals surface area contributed by atoms with Gasteiger partial charge in [-0.25, -0.2) is 24.9 Å². The molecule has 9 heteroatoms. The fourth-order valence-electron chi connectivity index (χ4n) is 14.2. The van der Waals surface area contributed by atoms with Crippen molar-refractivity contribution < 1.29 is 0 Å². The smallest absolute Gasteiger partial charge is 0.252 e. The molecule has 5 heterocycles. The molecule has 0 fully saturated rings. The third kappa shape index (κ3) is 9.28. The second-order valence-corrected chi connectivity index (χ2v) is 23.9. The predicted octanol–water partition coefficient (Wildman–Crippen LogP) is 19.2. The SMILES string of the molecule is c1ccc(-c2ccc3c(c2)c2ccccc2n3-c2ccc(-c3nc(-c4ccccc4)nc(-c4ccccc4)n3)cc2-c2cc(-c3ccccc3)nc(-c3ccc(-c4ccc5c6c4N(c4ccccc4)c4ccccc4B6c4ccccc4N5c4ccccc4)cc3)n2)cc1. The molecule has 3 aromatic heterocycles. The number of hydrogen-bond donors (Lipinski definition) is 0. The molecule has 0 saturated carbocycles. The van der Waals surface area contributed by atoms with Gasteiger partial charge in [-0.3, -0.25) is 0 Å². The van der Waals surface area contributed by atoms with Crippen molar-refractivity contribution >= 4 is 79.0 Å². The number of nitrogens with zero attached hydrogens (tertiary/aromatic N) is 8. The van der Waals surface area contributed by atoms with Crippen LogP contribution in [0.3, 0.4) is 0 Å². The Bertz CT molecular complexity index is 5490. The van der Waals surface area contributed by atoms with Crippen LogP contribution in [-0.4, -0.2) is 36.2 Å². The Labute approximate surface area is 544 Å². The monoisotopic (exact) mass is 1200 g/mol. The summed E-state index contributed by atoms with van der Waals surface area (Å²) in [4.78, 5) is 31.7.